The summed E-state index contributed by atoms with van der Waals surface area (Å²) in [5.41, 5.74) is 0.674. The van der Waals surface area contributed by atoms with Crippen molar-refractivity contribution in [3.63, 3.8) is 0 Å². The first-order valence-corrected chi connectivity index (χ1v) is 8.80. The molecule has 2 amide bonds. The second kappa shape index (κ2) is 9.88. The van der Waals surface area contributed by atoms with Crippen molar-refractivity contribution in [3.05, 3.63) is 24.3 Å². The van der Waals surface area contributed by atoms with Crippen LogP contribution < -0.4 is 15.4 Å². The molecular weight excluding hydrogens is 322 g/mol. The number of likely N-dealkylation sites (tertiary alicyclic amines) is 1. The summed E-state index contributed by atoms with van der Waals surface area (Å²) in [6.07, 6.45) is 1.36. The van der Waals surface area contributed by atoms with Gasteiger partial charge in [-0.25, -0.2) is 4.79 Å². The van der Waals surface area contributed by atoms with Crippen LogP contribution in [0.4, 0.5) is 10.5 Å². The standard InChI is InChI=1S/C18H27N3O4/c1-3-24-16-8-6-5-7-15(16)20-17(22)13-19-14-9-11-21(12-10-14)18(23)25-4-2/h5-8,14,19H,3-4,9-13H2,1-2H3,(H,20,22). The Hall–Kier alpha value is -2.28. The molecule has 0 saturated carbocycles. The number of piperidine rings is 1. The minimum absolute atomic E-state index is 0.111. The molecule has 1 aliphatic heterocycles. The van der Waals surface area contributed by atoms with Gasteiger partial charge in [0.25, 0.3) is 0 Å². The Bertz CT molecular complexity index is 571. The third-order valence-corrected chi connectivity index (χ3v) is 4.03. The van der Waals surface area contributed by atoms with E-state index < -0.39 is 0 Å². The number of carbonyl (C=O) groups is 2. The molecule has 1 heterocycles. The quantitative estimate of drug-likeness (QED) is 0.789. The molecule has 1 fully saturated rings. The van der Waals surface area contributed by atoms with Gasteiger partial charge in [-0.2, -0.15) is 0 Å². The average Bonchev–Trinajstić information content (AvgIpc) is 2.62. The molecule has 1 saturated heterocycles. The van der Waals surface area contributed by atoms with Gasteiger partial charge >= 0.3 is 6.09 Å². The van der Waals surface area contributed by atoms with Gasteiger partial charge in [0.1, 0.15) is 5.75 Å². The molecule has 2 rings (SSSR count). The topological polar surface area (TPSA) is 79.9 Å². The molecular formula is C18H27N3O4. The van der Waals surface area contributed by atoms with Crippen LogP contribution in [0.2, 0.25) is 0 Å². The smallest absolute Gasteiger partial charge is 0.409 e. The minimum atomic E-state index is -0.258. The van der Waals surface area contributed by atoms with Crippen LogP contribution in [0.25, 0.3) is 0 Å². The normalized spacial score (nSPS) is 14.9. The summed E-state index contributed by atoms with van der Waals surface area (Å²) in [5, 5.41) is 6.12. The number of hydrogen-bond donors (Lipinski definition) is 2. The number of anilines is 1. The fraction of sp³-hybridized carbons (Fsp3) is 0.556. The van der Waals surface area contributed by atoms with E-state index in [1.165, 1.54) is 0 Å². The number of benzene rings is 1. The molecule has 0 aliphatic carbocycles. The molecule has 2 N–H and O–H groups in total. The fourth-order valence-electron chi connectivity index (χ4n) is 2.76. The van der Waals surface area contributed by atoms with Crippen LogP contribution in [0, 0.1) is 0 Å². The Kier molecular flexibility index (Phi) is 7.53. The van der Waals surface area contributed by atoms with E-state index in [0.717, 1.165) is 12.8 Å². The van der Waals surface area contributed by atoms with Crippen LogP contribution >= 0.6 is 0 Å². The van der Waals surface area contributed by atoms with Gasteiger partial charge in [-0.3, -0.25) is 4.79 Å². The number of amides is 2. The van der Waals surface area contributed by atoms with Gasteiger partial charge in [0, 0.05) is 19.1 Å². The maximum Gasteiger partial charge on any atom is 0.409 e. The van der Waals surface area contributed by atoms with Crippen molar-refractivity contribution in [1.29, 1.82) is 0 Å². The van der Waals surface area contributed by atoms with Gasteiger partial charge < -0.3 is 25.0 Å². The third-order valence-electron chi connectivity index (χ3n) is 4.03. The largest absolute Gasteiger partial charge is 0.492 e. The number of hydrogen-bond acceptors (Lipinski definition) is 5. The molecule has 0 unspecified atom stereocenters. The van der Waals surface area contributed by atoms with Crippen molar-refractivity contribution in [2.45, 2.75) is 32.7 Å². The molecule has 1 aromatic carbocycles. The summed E-state index contributed by atoms with van der Waals surface area (Å²) in [5.74, 6) is 0.557. The van der Waals surface area contributed by atoms with Gasteiger partial charge in [-0.1, -0.05) is 12.1 Å². The summed E-state index contributed by atoms with van der Waals surface area (Å²) >= 11 is 0. The summed E-state index contributed by atoms with van der Waals surface area (Å²) in [7, 11) is 0. The Morgan fingerprint density at radius 2 is 1.88 bits per heavy atom. The molecule has 7 heteroatoms. The highest BCUT2D eigenvalue weighted by Gasteiger charge is 2.23. The zero-order valence-electron chi connectivity index (χ0n) is 14.9. The Labute approximate surface area is 148 Å². The molecule has 1 aliphatic rings. The minimum Gasteiger partial charge on any atom is -0.492 e. The van der Waals surface area contributed by atoms with E-state index >= 15 is 0 Å². The highest BCUT2D eigenvalue weighted by Crippen LogP contribution is 2.23. The fourth-order valence-corrected chi connectivity index (χ4v) is 2.76. The molecule has 0 bridgehead atoms. The lowest BCUT2D eigenvalue weighted by atomic mass is 10.1. The van der Waals surface area contributed by atoms with E-state index in [-0.39, 0.29) is 24.6 Å². The molecule has 0 spiro atoms. The lowest BCUT2D eigenvalue weighted by molar-refractivity contribution is -0.115. The summed E-state index contributed by atoms with van der Waals surface area (Å²) in [6, 6.07) is 7.60. The van der Waals surface area contributed by atoms with Crippen molar-refractivity contribution in [2.75, 3.05) is 38.2 Å². The van der Waals surface area contributed by atoms with E-state index in [1.54, 1.807) is 11.8 Å². The van der Waals surface area contributed by atoms with Crippen LogP contribution in [0.1, 0.15) is 26.7 Å². The van der Waals surface area contributed by atoms with E-state index in [0.29, 0.717) is 37.7 Å². The Morgan fingerprint density at radius 1 is 1.16 bits per heavy atom. The highest BCUT2D eigenvalue weighted by atomic mass is 16.6. The number of rotatable bonds is 7. The highest BCUT2D eigenvalue weighted by molar-refractivity contribution is 5.93. The van der Waals surface area contributed by atoms with Crippen molar-refractivity contribution < 1.29 is 19.1 Å². The maximum absolute atomic E-state index is 12.2. The molecule has 0 atom stereocenters. The van der Waals surface area contributed by atoms with Crippen molar-refractivity contribution in [1.82, 2.24) is 10.2 Å². The predicted molar refractivity (Wildman–Crippen MR) is 95.9 cm³/mol. The first-order valence-electron chi connectivity index (χ1n) is 8.80. The monoisotopic (exact) mass is 349 g/mol. The first-order chi connectivity index (χ1) is 12.1. The molecule has 1 aromatic rings. The van der Waals surface area contributed by atoms with Crippen molar-refractivity contribution >= 4 is 17.7 Å². The predicted octanol–water partition coefficient (Wildman–Crippen LogP) is 2.23. The van der Waals surface area contributed by atoms with E-state index in [4.69, 9.17) is 9.47 Å². The third kappa shape index (κ3) is 5.94. The van der Waals surface area contributed by atoms with Crippen LogP contribution in [0.3, 0.4) is 0 Å². The molecule has 25 heavy (non-hydrogen) atoms. The van der Waals surface area contributed by atoms with Gasteiger partial charge in [-0.05, 0) is 38.8 Å². The van der Waals surface area contributed by atoms with E-state index in [1.807, 2.05) is 31.2 Å². The van der Waals surface area contributed by atoms with Crippen LogP contribution in [-0.2, 0) is 9.53 Å². The van der Waals surface area contributed by atoms with Crippen molar-refractivity contribution in [3.8, 4) is 5.75 Å². The Balaban J connectivity index is 1.73. The van der Waals surface area contributed by atoms with E-state index in [2.05, 4.69) is 10.6 Å². The molecule has 0 radical (unpaired) electrons. The lowest BCUT2D eigenvalue weighted by Crippen LogP contribution is -2.46. The second-order valence-electron chi connectivity index (χ2n) is 5.82. The average molecular weight is 349 g/mol. The molecule has 0 aromatic heterocycles. The SMILES string of the molecule is CCOC(=O)N1CCC(NCC(=O)Nc2ccccc2OCC)CC1. The zero-order valence-corrected chi connectivity index (χ0v) is 14.9. The number of carbonyl (C=O) groups excluding carboxylic acids is 2. The maximum atomic E-state index is 12.2. The number of para-hydroxylation sites is 2. The van der Waals surface area contributed by atoms with Gasteiger partial charge in [0.15, 0.2) is 0 Å². The second-order valence-corrected chi connectivity index (χ2v) is 5.82. The first kappa shape index (κ1) is 19.1. The molecule has 138 valence electrons. The lowest BCUT2D eigenvalue weighted by Gasteiger charge is -2.31. The summed E-state index contributed by atoms with van der Waals surface area (Å²) < 4.78 is 10.5. The van der Waals surface area contributed by atoms with Crippen LogP contribution in [0.15, 0.2) is 24.3 Å². The van der Waals surface area contributed by atoms with Gasteiger partial charge in [0.05, 0.1) is 25.4 Å². The van der Waals surface area contributed by atoms with Crippen LogP contribution in [-0.4, -0.2) is 55.8 Å². The summed E-state index contributed by atoms with van der Waals surface area (Å²) in [6.45, 7) is 6.16. The molecule has 7 nitrogen and oxygen atoms in total. The Morgan fingerprint density at radius 3 is 2.56 bits per heavy atom. The van der Waals surface area contributed by atoms with Crippen molar-refractivity contribution in [2.24, 2.45) is 0 Å². The number of nitrogens with one attached hydrogen (secondary N) is 2. The number of ether oxygens (including phenoxy) is 2. The van der Waals surface area contributed by atoms with Gasteiger partial charge in [-0.15, -0.1) is 0 Å². The number of nitrogens with zero attached hydrogens (tertiary/aromatic N) is 1. The zero-order chi connectivity index (χ0) is 18.1. The van der Waals surface area contributed by atoms with E-state index in [9.17, 15) is 9.59 Å². The van der Waals surface area contributed by atoms with Crippen LogP contribution in [0.5, 0.6) is 5.75 Å². The van der Waals surface area contributed by atoms with Gasteiger partial charge in [0.2, 0.25) is 5.91 Å². The summed E-state index contributed by atoms with van der Waals surface area (Å²) in [4.78, 5) is 25.5.